The molecule has 1 saturated carbocycles. The van der Waals surface area contributed by atoms with E-state index in [0.29, 0.717) is 61.3 Å². The Hall–Kier alpha value is -5.61. The number of hydrogen-bond donors (Lipinski definition) is 3. The number of nitrogens with zero attached hydrogens (tertiary/aromatic N) is 2. The van der Waals surface area contributed by atoms with Crippen molar-refractivity contribution in [2.75, 3.05) is 53.0 Å². The van der Waals surface area contributed by atoms with Crippen molar-refractivity contribution < 1.29 is 57.8 Å². The van der Waals surface area contributed by atoms with Crippen LogP contribution in [0.4, 0.5) is 9.59 Å². The highest BCUT2D eigenvalue weighted by Gasteiger charge is 2.66. The van der Waals surface area contributed by atoms with Crippen LogP contribution >= 0.6 is 0 Å². The molecule has 2 amide bonds. The van der Waals surface area contributed by atoms with Crippen molar-refractivity contribution in [3.05, 3.63) is 108 Å². The summed E-state index contributed by atoms with van der Waals surface area (Å²) in [6.45, 7) is 9.90. The summed E-state index contributed by atoms with van der Waals surface area (Å²) >= 11 is 0. The molecule has 3 aromatic carbocycles. The summed E-state index contributed by atoms with van der Waals surface area (Å²) in [5.41, 5.74) is 4.14. The molecule has 75 heavy (non-hydrogen) atoms. The highest BCUT2D eigenvalue weighted by Crippen LogP contribution is 2.62. The number of nitrogens with one attached hydrogen (secondary N) is 1. The molecule has 15 heteroatoms. The first-order valence-corrected chi connectivity index (χ1v) is 27.9. The van der Waals surface area contributed by atoms with E-state index in [1.165, 1.54) is 44.9 Å². The second-order valence-electron chi connectivity index (χ2n) is 20.2. The monoisotopic (exact) mass is 1040 g/mol. The van der Waals surface area contributed by atoms with Gasteiger partial charge in [0, 0.05) is 44.2 Å². The number of aliphatic hydroxyl groups excluding tert-OH is 2. The molecule has 0 spiro atoms. The van der Waals surface area contributed by atoms with Gasteiger partial charge in [0.1, 0.15) is 30.8 Å². The van der Waals surface area contributed by atoms with Gasteiger partial charge in [-0.15, -0.1) is 6.58 Å². The van der Waals surface area contributed by atoms with Gasteiger partial charge in [-0.05, 0) is 97.9 Å². The topological polar surface area (TPSA) is 176 Å². The minimum absolute atomic E-state index is 0.0115. The Kier molecular flexibility index (Phi) is 23.0. The van der Waals surface area contributed by atoms with Crippen LogP contribution in [-0.2, 0) is 32.2 Å². The van der Waals surface area contributed by atoms with E-state index in [9.17, 15) is 15.0 Å². The van der Waals surface area contributed by atoms with Gasteiger partial charge in [0.25, 0.3) is 0 Å². The molecule has 0 saturated heterocycles. The molecule has 3 aromatic rings. The summed E-state index contributed by atoms with van der Waals surface area (Å²) < 4.78 is 44.2. The van der Waals surface area contributed by atoms with Gasteiger partial charge >= 0.3 is 12.2 Å². The Morgan fingerprint density at radius 1 is 0.827 bits per heavy atom. The number of carbonyl (C=O) groups excluding carboxylic acids is 2. The zero-order valence-corrected chi connectivity index (χ0v) is 44.6. The number of ether oxygens (including phenoxy) is 7. The maximum atomic E-state index is 15.1. The Labute approximate surface area is 444 Å². The first-order valence-electron chi connectivity index (χ1n) is 27.9. The predicted octanol–water partition coefficient (Wildman–Crippen LogP) is 11.9. The molecule has 0 aromatic heterocycles. The molecular formula is C60H83N3O12. The normalized spacial score (nSPS) is 21.6. The summed E-state index contributed by atoms with van der Waals surface area (Å²) in [6, 6.07) is 20.1. The van der Waals surface area contributed by atoms with Crippen molar-refractivity contribution >= 4 is 17.9 Å². The fourth-order valence-electron chi connectivity index (χ4n) is 11.4. The van der Waals surface area contributed by atoms with Crippen molar-refractivity contribution in [2.45, 2.75) is 154 Å². The summed E-state index contributed by atoms with van der Waals surface area (Å²) in [7, 11) is 0. The number of oxime groups is 1. The SMILES string of the molecule is C=CCOC12Oc3ccc(OC(=O)NCCCCCCCCCCCC)cc3C3C(CCCCO)C(CCCCO)C=C(C(=NOCC)CC1N(Cc1ccc4c(c1)OCO4)C(=O)OCCOCc1ccccc1)C32. The smallest absolute Gasteiger partial charge is 0.412 e. The molecule has 3 N–H and O–H groups in total. The zero-order valence-electron chi connectivity index (χ0n) is 44.6. The highest BCUT2D eigenvalue weighted by atomic mass is 16.7. The van der Waals surface area contributed by atoms with Crippen LogP contribution in [0.2, 0.25) is 0 Å². The van der Waals surface area contributed by atoms with Gasteiger partial charge in [-0.25, -0.2) is 9.59 Å². The molecule has 1 fully saturated rings. The lowest BCUT2D eigenvalue weighted by Gasteiger charge is -2.59. The predicted molar refractivity (Wildman–Crippen MR) is 288 cm³/mol. The fraction of sp³-hybridized carbons (Fsp3) is 0.583. The van der Waals surface area contributed by atoms with E-state index < -0.39 is 29.9 Å². The Morgan fingerprint density at radius 2 is 1.56 bits per heavy atom. The second-order valence-corrected chi connectivity index (χ2v) is 20.2. The van der Waals surface area contributed by atoms with Gasteiger partial charge in [0.05, 0.1) is 31.5 Å². The quantitative estimate of drug-likeness (QED) is 0.0299. The van der Waals surface area contributed by atoms with Gasteiger partial charge in [0.2, 0.25) is 12.6 Å². The molecule has 0 bridgehead atoms. The van der Waals surface area contributed by atoms with Gasteiger partial charge in [-0.3, -0.25) is 4.90 Å². The van der Waals surface area contributed by atoms with Crippen molar-refractivity contribution in [1.82, 2.24) is 10.2 Å². The molecule has 0 radical (unpaired) electrons. The molecule has 410 valence electrons. The van der Waals surface area contributed by atoms with Crippen molar-refractivity contribution in [3.63, 3.8) is 0 Å². The minimum atomic E-state index is -1.55. The number of allylic oxidation sites excluding steroid dienone is 1. The molecule has 4 aliphatic rings. The van der Waals surface area contributed by atoms with E-state index in [4.69, 9.17) is 43.2 Å². The number of hydrogen-bond acceptors (Lipinski definition) is 13. The molecule has 2 aliphatic heterocycles. The van der Waals surface area contributed by atoms with E-state index in [1.54, 1.807) is 17.0 Å². The fourth-order valence-corrected chi connectivity index (χ4v) is 11.4. The first kappa shape index (κ1) is 57.1. The van der Waals surface area contributed by atoms with Crippen molar-refractivity contribution in [3.8, 4) is 23.0 Å². The van der Waals surface area contributed by atoms with Gasteiger partial charge in [-0.1, -0.05) is 131 Å². The highest BCUT2D eigenvalue weighted by molar-refractivity contribution is 6.03. The summed E-state index contributed by atoms with van der Waals surface area (Å²) in [5, 5.41) is 27.9. The number of fused-ring (bicyclic) bond motifs is 3. The Morgan fingerprint density at radius 3 is 2.31 bits per heavy atom. The second kappa shape index (κ2) is 30.2. The standard InChI is InChI=1S/C60H83N3O12/c1-4-7-8-9-10-11-12-13-14-20-31-61-58(66)74-47-28-30-52-50(39-47)56-48(26-19-22-33-65)46(25-18-21-32-64)38-49-51(62-73-6-3)40-55(60(75-52,57(49)56)72-34-5-2)63(41-45-27-29-53-54(37-45)71-43-70-53)59(67)69-36-35-68-42-44-23-16-15-17-24-44/h5,15-17,23-24,27-30,37-39,46,48,55-57,64-65H,2,4,6-14,18-22,25-26,31-36,40-43H2,1,3H3,(H,61,66). The number of unbranched alkanes of at least 4 members (excludes halogenated alkanes) is 11. The molecular weight excluding hydrogens is 955 g/mol. The maximum Gasteiger partial charge on any atom is 0.412 e. The molecule has 6 atom stereocenters. The van der Waals surface area contributed by atoms with Crippen LogP contribution in [0.1, 0.15) is 146 Å². The first-order chi connectivity index (χ1) is 36.8. The number of carbonyl (C=O) groups is 2. The average Bonchev–Trinajstić information content (AvgIpc) is 3.93. The maximum absolute atomic E-state index is 15.1. The Bertz CT molecular complexity index is 2310. The van der Waals surface area contributed by atoms with Crippen LogP contribution in [0.15, 0.2) is 96.2 Å². The zero-order chi connectivity index (χ0) is 52.7. The largest absolute Gasteiger partial charge is 0.459 e. The Balaban J connectivity index is 1.25. The third kappa shape index (κ3) is 15.5. The molecule has 15 nitrogen and oxygen atoms in total. The summed E-state index contributed by atoms with van der Waals surface area (Å²) in [6.07, 6.45) is 19.3. The van der Waals surface area contributed by atoms with Crippen LogP contribution < -0.4 is 24.3 Å². The van der Waals surface area contributed by atoms with E-state index >= 15 is 4.79 Å². The van der Waals surface area contributed by atoms with Gasteiger partial charge < -0.3 is 53.5 Å². The average molecular weight is 1040 g/mol. The number of amides is 2. The number of benzene rings is 3. The molecule has 2 aliphatic carbocycles. The lowest BCUT2D eigenvalue weighted by molar-refractivity contribution is -0.256. The van der Waals surface area contributed by atoms with Crippen LogP contribution in [0, 0.1) is 17.8 Å². The lowest BCUT2D eigenvalue weighted by Crippen LogP contribution is -2.70. The number of rotatable bonds is 33. The molecule has 7 rings (SSSR count). The van der Waals surface area contributed by atoms with Gasteiger partial charge in [-0.2, -0.15) is 0 Å². The number of aliphatic hydroxyl groups is 2. The third-order valence-corrected chi connectivity index (χ3v) is 14.9. The lowest BCUT2D eigenvalue weighted by atomic mass is 9.55. The van der Waals surface area contributed by atoms with Crippen LogP contribution in [0.25, 0.3) is 0 Å². The summed E-state index contributed by atoms with van der Waals surface area (Å²) in [4.78, 5) is 36.1. The van der Waals surface area contributed by atoms with Crippen LogP contribution in [-0.4, -0.2) is 97.8 Å². The van der Waals surface area contributed by atoms with Crippen molar-refractivity contribution in [1.29, 1.82) is 0 Å². The van der Waals surface area contributed by atoms with E-state index in [0.717, 1.165) is 67.2 Å². The molecule has 6 unspecified atom stereocenters. The van der Waals surface area contributed by atoms with Gasteiger partial charge in [0.15, 0.2) is 11.5 Å². The van der Waals surface area contributed by atoms with E-state index in [-0.39, 0.29) is 70.5 Å². The van der Waals surface area contributed by atoms with E-state index in [1.807, 2.05) is 67.6 Å². The minimum Gasteiger partial charge on any atom is -0.459 e. The van der Waals surface area contributed by atoms with E-state index in [2.05, 4.69) is 24.9 Å². The molecule has 2 heterocycles. The third-order valence-electron chi connectivity index (χ3n) is 14.9. The van der Waals surface area contributed by atoms with Crippen LogP contribution in [0.3, 0.4) is 0 Å². The van der Waals surface area contributed by atoms with Crippen molar-refractivity contribution in [2.24, 2.45) is 22.9 Å². The van der Waals surface area contributed by atoms with Crippen LogP contribution in [0.5, 0.6) is 23.0 Å². The summed E-state index contributed by atoms with van der Waals surface area (Å²) in [5.74, 6) is -0.419.